The highest BCUT2D eigenvalue weighted by molar-refractivity contribution is 7.80. The first-order valence-electron chi connectivity index (χ1n) is 4.91. The Bertz CT molecular complexity index is 495. The molecule has 16 heavy (non-hydrogen) atoms. The van der Waals surface area contributed by atoms with Gasteiger partial charge in [-0.25, -0.2) is 0 Å². The lowest BCUT2D eigenvalue weighted by molar-refractivity contribution is 0.395. The lowest BCUT2D eigenvalue weighted by Gasteiger charge is -2.05. The minimum absolute atomic E-state index is 0.674. The van der Waals surface area contributed by atoms with Crippen LogP contribution in [0.5, 0.6) is 11.5 Å². The Kier molecular flexibility index (Phi) is 3.24. The summed E-state index contributed by atoms with van der Waals surface area (Å²) in [5.41, 5.74) is 1.54. The third-order valence-electron chi connectivity index (χ3n) is 2.39. The molecule has 0 N–H and O–H groups in total. The zero-order valence-corrected chi connectivity index (χ0v) is 10.1. The maximum atomic E-state index is 5.31. The molecule has 0 amide bonds. The van der Waals surface area contributed by atoms with E-state index in [1.54, 1.807) is 20.3 Å². The van der Waals surface area contributed by atoms with Crippen LogP contribution in [-0.2, 0) is 6.42 Å². The molecule has 0 saturated carbocycles. The number of nitrogens with zero attached hydrogens (tertiary/aromatic N) is 1. The van der Waals surface area contributed by atoms with E-state index in [9.17, 15) is 0 Å². The van der Waals surface area contributed by atoms with Gasteiger partial charge in [-0.15, -0.1) is 0 Å². The van der Waals surface area contributed by atoms with Crippen LogP contribution < -0.4 is 9.47 Å². The van der Waals surface area contributed by atoms with Crippen molar-refractivity contribution >= 4 is 23.6 Å². The van der Waals surface area contributed by atoms with E-state index in [2.05, 4.69) is 17.8 Å². The quantitative estimate of drug-likeness (QED) is 0.832. The van der Waals surface area contributed by atoms with Crippen LogP contribution in [0.2, 0.25) is 0 Å². The highest BCUT2D eigenvalue weighted by Gasteiger charge is 2.14. The van der Waals surface area contributed by atoms with Gasteiger partial charge in [0, 0.05) is 18.6 Å². The summed E-state index contributed by atoms with van der Waals surface area (Å²) in [6.07, 6.45) is 0.749. The normalized spacial score (nSPS) is 10.7. The van der Waals surface area contributed by atoms with E-state index in [0.29, 0.717) is 17.1 Å². The first kappa shape index (κ1) is 11.1. The Morgan fingerprint density at radius 1 is 1.31 bits per heavy atom. The summed E-state index contributed by atoms with van der Waals surface area (Å²) >= 11 is 4.19. The van der Waals surface area contributed by atoms with Crippen molar-refractivity contribution in [3.8, 4) is 11.5 Å². The van der Waals surface area contributed by atoms with E-state index < -0.39 is 0 Å². The van der Waals surface area contributed by atoms with E-state index in [0.717, 1.165) is 23.3 Å². The number of thiol groups is 1. The Morgan fingerprint density at radius 2 is 2.12 bits per heavy atom. The van der Waals surface area contributed by atoms with Gasteiger partial charge < -0.3 is 14.0 Å². The SMILES string of the molecule is COc1cc(OC)c2c(CCS)noc2c1. The van der Waals surface area contributed by atoms with E-state index in [4.69, 9.17) is 14.0 Å². The van der Waals surface area contributed by atoms with Crippen molar-refractivity contribution in [3.05, 3.63) is 17.8 Å². The Hall–Kier alpha value is -1.36. The second-order valence-electron chi connectivity index (χ2n) is 3.31. The van der Waals surface area contributed by atoms with Crippen molar-refractivity contribution in [2.75, 3.05) is 20.0 Å². The third-order valence-corrected chi connectivity index (χ3v) is 2.61. The highest BCUT2D eigenvalue weighted by Crippen LogP contribution is 2.33. The van der Waals surface area contributed by atoms with Crippen LogP contribution in [-0.4, -0.2) is 25.1 Å². The number of rotatable bonds is 4. The summed E-state index contributed by atoms with van der Waals surface area (Å²) in [6, 6.07) is 3.62. The summed E-state index contributed by atoms with van der Waals surface area (Å²) in [5, 5.41) is 4.91. The van der Waals surface area contributed by atoms with Gasteiger partial charge in [0.1, 0.15) is 11.5 Å². The van der Waals surface area contributed by atoms with Crippen LogP contribution in [0.4, 0.5) is 0 Å². The second-order valence-corrected chi connectivity index (χ2v) is 3.75. The summed E-state index contributed by atoms with van der Waals surface area (Å²) < 4.78 is 15.7. The van der Waals surface area contributed by atoms with Crippen molar-refractivity contribution in [1.29, 1.82) is 0 Å². The van der Waals surface area contributed by atoms with Crippen molar-refractivity contribution in [2.45, 2.75) is 6.42 Å². The molecule has 1 heterocycles. The molecule has 1 aromatic heterocycles. The average Bonchev–Trinajstić information content (AvgIpc) is 2.72. The molecular weight excluding hydrogens is 226 g/mol. The standard InChI is InChI=1S/C11H13NO3S/c1-13-7-5-9(14-2)11-8(3-4-16)12-15-10(11)6-7/h5-6,16H,3-4H2,1-2H3. The number of aromatic nitrogens is 1. The third kappa shape index (κ3) is 1.82. The van der Waals surface area contributed by atoms with E-state index in [-0.39, 0.29) is 0 Å². The van der Waals surface area contributed by atoms with Crippen molar-refractivity contribution in [2.24, 2.45) is 0 Å². The molecule has 5 heteroatoms. The van der Waals surface area contributed by atoms with Gasteiger partial charge in [-0.3, -0.25) is 0 Å². The van der Waals surface area contributed by atoms with E-state index in [1.807, 2.05) is 6.07 Å². The van der Waals surface area contributed by atoms with Gasteiger partial charge in [0.15, 0.2) is 5.58 Å². The largest absolute Gasteiger partial charge is 0.496 e. The average molecular weight is 239 g/mol. The molecule has 4 nitrogen and oxygen atoms in total. The molecule has 1 aromatic carbocycles. The number of benzene rings is 1. The lowest BCUT2D eigenvalue weighted by Crippen LogP contribution is -1.91. The zero-order chi connectivity index (χ0) is 11.5. The zero-order valence-electron chi connectivity index (χ0n) is 9.19. The fourth-order valence-corrected chi connectivity index (χ4v) is 1.84. The lowest BCUT2D eigenvalue weighted by atomic mass is 10.1. The van der Waals surface area contributed by atoms with Gasteiger partial charge in [-0.2, -0.15) is 12.6 Å². The van der Waals surface area contributed by atoms with Gasteiger partial charge >= 0.3 is 0 Å². The van der Waals surface area contributed by atoms with Crippen LogP contribution in [0.1, 0.15) is 5.69 Å². The van der Waals surface area contributed by atoms with E-state index >= 15 is 0 Å². The molecule has 0 saturated heterocycles. The van der Waals surface area contributed by atoms with Gasteiger partial charge in [0.05, 0.1) is 25.3 Å². The van der Waals surface area contributed by atoms with Crippen molar-refractivity contribution in [3.63, 3.8) is 0 Å². The molecule has 0 radical (unpaired) electrons. The summed E-state index contributed by atoms with van der Waals surface area (Å²) in [6.45, 7) is 0. The monoisotopic (exact) mass is 239 g/mol. The minimum atomic E-state index is 0.674. The molecule has 2 aromatic rings. The molecule has 86 valence electrons. The first-order valence-corrected chi connectivity index (χ1v) is 5.54. The summed E-state index contributed by atoms with van der Waals surface area (Å²) in [5.74, 6) is 2.13. The number of hydrogen-bond acceptors (Lipinski definition) is 5. The number of methoxy groups -OCH3 is 2. The molecule has 0 aliphatic carbocycles. The molecular formula is C11H13NO3S. The maximum absolute atomic E-state index is 5.31. The molecule has 0 unspecified atom stereocenters. The van der Waals surface area contributed by atoms with Crippen molar-refractivity contribution < 1.29 is 14.0 Å². The number of aryl methyl sites for hydroxylation is 1. The minimum Gasteiger partial charge on any atom is -0.496 e. The Balaban J connectivity index is 2.62. The molecule has 2 rings (SSSR count). The fraction of sp³-hybridized carbons (Fsp3) is 0.364. The maximum Gasteiger partial charge on any atom is 0.174 e. The molecule has 0 spiro atoms. The second kappa shape index (κ2) is 4.65. The molecule has 0 aliphatic heterocycles. The van der Waals surface area contributed by atoms with Crippen LogP contribution in [0, 0.1) is 0 Å². The Morgan fingerprint density at radius 3 is 2.75 bits per heavy atom. The van der Waals surface area contributed by atoms with Crippen LogP contribution in [0.25, 0.3) is 11.0 Å². The molecule has 0 atom stereocenters. The van der Waals surface area contributed by atoms with Crippen LogP contribution in [0.15, 0.2) is 16.7 Å². The van der Waals surface area contributed by atoms with Gasteiger partial charge in [0.25, 0.3) is 0 Å². The smallest absolute Gasteiger partial charge is 0.174 e. The number of fused-ring (bicyclic) bond motifs is 1. The fourth-order valence-electron chi connectivity index (χ4n) is 1.63. The van der Waals surface area contributed by atoms with Gasteiger partial charge in [0.2, 0.25) is 0 Å². The topological polar surface area (TPSA) is 44.5 Å². The van der Waals surface area contributed by atoms with Crippen LogP contribution >= 0.6 is 12.6 Å². The molecule has 0 fully saturated rings. The predicted octanol–water partition coefficient (Wildman–Crippen LogP) is 2.32. The molecule has 0 aliphatic rings. The van der Waals surface area contributed by atoms with Crippen molar-refractivity contribution in [1.82, 2.24) is 5.16 Å². The van der Waals surface area contributed by atoms with Gasteiger partial charge in [-0.05, 0) is 5.75 Å². The molecule has 0 bridgehead atoms. The van der Waals surface area contributed by atoms with Gasteiger partial charge in [-0.1, -0.05) is 5.16 Å². The predicted molar refractivity (Wildman–Crippen MR) is 64.7 cm³/mol. The van der Waals surface area contributed by atoms with Crippen LogP contribution in [0.3, 0.4) is 0 Å². The summed E-state index contributed by atoms with van der Waals surface area (Å²) in [4.78, 5) is 0. The van der Waals surface area contributed by atoms with E-state index in [1.165, 1.54) is 0 Å². The summed E-state index contributed by atoms with van der Waals surface area (Å²) in [7, 11) is 3.22. The number of ether oxygens (including phenoxy) is 2. The Labute approximate surface area is 98.9 Å². The number of hydrogen-bond donors (Lipinski definition) is 1. The highest BCUT2D eigenvalue weighted by atomic mass is 32.1. The first-order chi connectivity index (χ1) is 7.80.